The minimum Gasteiger partial charge on any atom is -0.504 e. The third kappa shape index (κ3) is 3.08. The summed E-state index contributed by atoms with van der Waals surface area (Å²) in [5.74, 6) is -0.189. The standard InChI is InChI=1S/C16H13BrO3/c1-20-16-13(17)9-8-12(15(16)19)14(18)10-7-11-5-3-2-4-6-11/h2-10,19H,1H3/b10-7+. The van der Waals surface area contributed by atoms with E-state index in [1.165, 1.54) is 13.2 Å². The normalized spacial score (nSPS) is 10.7. The van der Waals surface area contributed by atoms with Crippen LogP contribution in [0, 0.1) is 0 Å². The van der Waals surface area contributed by atoms with Gasteiger partial charge in [-0.05, 0) is 39.7 Å². The third-order valence-electron chi connectivity index (χ3n) is 2.78. The number of aromatic hydroxyl groups is 1. The maximum absolute atomic E-state index is 12.1. The first-order valence-corrected chi connectivity index (χ1v) is 6.75. The lowest BCUT2D eigenvalue weighted by Gasteiger charge is -2.08. The van der Waals surface area contributed by atoms with E-state index < -0.39 is 0 Å². The fourth-order valence-electron chi connectivity index (χ4n) is 1.77. The van der Waals surface area contributed by atoms with Crippen molar-refractivity contribution in [3.63, 3.8) is 0 Å². The van der Waals surface area contributed by atoms with E-state index in [0.29, 0.717) is 4.47 Å². The number of ether oxygens (including phenoxy) is 1. The Morgan fingerprint density at radius 2 is 1.90 bits per heavy atom. The summed E-state index contributed by atoms with van der Waals surface area (Å²) in [6.45, 7) is 0. The highest BCUT2D eigenvalue weighted by Gasteiger charge is 2.15. The van der Waals surface area contributed by atoms with Crippen LogP contribution in [0.25, 0.3) is 6.08 Å². The van der Waals surface area contributed by atoms with Gasteiger partial charge in [0.15, 0.2) is 17.3 Å². The summed E-state index contributed by atoms with van der Waals surface area (Å²) in [6.07, 6.45) is 3.13. The zero-order chi connectivity index (χ0) is 14.5. The van der Waals surface area contributed by atoms with Crippen LogP contribution in [0.4, 0.5) is 0 Å². The maximum Gasteiger partial charge on any atom is 0.189 e. The van der Waals surface area contributed by atoms with Crippen LogP contribution >= 0.6 is 15.9 Å². The Morgan fingerprint density at radius 1 is 1.20 bits per heavy atom. The lowest BCUT2D eigenvalue weighted by molar-refractivity contribution is 0.104. The number of halogens is 1. The highest BCUT2D eigenvalue weighted by molar-refractivity contribution is 9.10. The second kappa shape index (κ2) is 6.39. The van der Waals surface area contributed by atoms with Crippen molar-refractivity contribution in [2.75, 3.05) is 7.11 Å². The molecule has 1 N–H and O–H groups in total. The monoisotopic (exact) mass is 332 g/mol. The number of allylic oxidation sites excluding steroid dienone is 1. The van der Waals surface area contributed by atoms with Crippen LogP contribution in [0.1, 0.15) is 15.9 Å². The molecule has 0 radical (unpaired) electrons. The van der Waals surface area contributed by atoms with Gasteiger partial charge in [0, 0.05) is 0 Å². The largest absolute Gasteiger partial charge is 0.504 e. The molecule has 0 aliphatic heterocycles. The first kappa shape index (κ1) is 14.3. The van der Waals surface area contributed by atoms with Gasteiger partial charge in [-0.2, -0.15) is 0 Å². The molecule has 0 bridgehead atoms. The van der Waals surface area contributed by atoms with Gasteiger partial charge in [-0.1, -0.05) is 36.4 Å². The lowest BCUT2D eigenvalue weighted by atomic mass is 10.1. The predicted octanol–water partition coefficient (Wildman–Crippen LogP) is 4.06. The van der Waals surface area contributed by atoms with Crippen LogP contribution in [0.3, 0.4) is 0 Å². The van der Waals surface area contributed by atoms with E-state index in [1.54, 1.807) is 18.2 Å². The van der Waals surface area contributed by atoms with E-state index in [2.05, 4.69) is 15.9 Å². The van der Waals surface area contributed by atoms with E-state index in [-0.39, 0.29) is 22.8 Å². The number of benzene rings is 2. The van der Waals surface area contributed by atoms with Gasteiger partial charge < -0.3 is 9.84 Å². The molecule has 2 aromatic carbocycles. The van der Waals surface area contributed by atoms with Crippen molar-refractivity contribution in [2.24, 2.45) is 0 Å². The first-order valence-electron chi connectivity index (χ1n) is 5.96. The summed E-state index contributed by atoms with van der Waals surface area (Å²) < 4.78 is 5.65. The number of carbonyl (C=O) groups is 1. The molecule has 0 saturated carbocycles. The Morgan fingerprint density at radius 3 is 2.55 bits per heavy atom. The number of phenolic OH excluding ortho intramolecular Hbond substituents is 1. The SMILES string of the molecule is COc1c(Br)ccc(C(=O)/C=C/c2ccccc2)c1O. The van der Waals surface area contributed by atoms with Crippen molar-refractivity contribution >= 4 is 27.8 Å². The molecule has 0 fully saturated rings. The van der Waals surface area contributed by atoms with Crippen molar-refractivity contribution in [2.45, 2.75) is 0 Å². The molecular formula is C16H13BrO3. The van der Waals surface area contributed by atoms with Gasteiger partial charge >= 0.3 is 0 Å². The molecule has 102 valence electrons. The summed E-state index contributed by atoms with van der Waals surface area (Å²) >= 11 is 3.25. The highest BCUT2D eigenvalue weighted by Crippen LogP contribution is 2.37. The Labute approximate surface area is 125 Å². The zero-order valence-corrected chi connectivity index (χ0v) is 12.4. The lowest BCUT2D eigenvalue weighted by Crippen LogP contribution is -1.97. The molecule has 0 amide bonds. The fourth-order valence-corrected chi connectivity index (χ4v) is 2.25. The quantitative estimate of drug-likeness (QED) is 0.678. The number of methoxy groups -OCH3 is 1. The number of hydrogen-bond acceptors (Lipinski definition) is 3. The van der Waals surface area contributed by atoms with Gasteiger partial charge in [-0.15, -0.1) is 0 Å². The second-order valence-corrected chi connectivity index (χ2v) is 4.94. The van der Waals surface area contributed by atoms with Gasteiger partial charge in [-0.3, -0.25) is 4.79 Å². The van der Waals surface area contributed by atoms with Crippen molar-refractivity contribution < 1.29 is 14.6 Å². The summed E-state index contributed by atoms with van der Waals surface area (Å²) in [6, 6.07) is 12.7. The van der Waals surface area contributed by atoms with Gasteiger partial charge in [0.25, 0.3) is 0 Å². The molecule has 2 rings (SSSR count). The fraction of sp³-hybridized carbons (Fsp3) is 0.0625. The zero-order valence-electron chi connectivity index (χ0n) is 10.8. The maximum atomic E-state index is 12.1. The minimum absolute atomic E-state index is 0.162. The molecule has 0 heterocycles. The summed E-state index contributed by atoms with van der Waals surface area (Å²) in [7, 11) is 1.44. The topological polar surface area (TPSA) is 46.5 Å². The summed E-state index contributed by atoms with van der Waals surface area (Å²) in [5.41, 5.74) is 1.13. The Hall–Kier alpha value is -2.07. The van der Waals surface area contributed by atoms with Crippen LogP contribution in [0.15, 0.2) is 53.0 Å². The average molecular weight is 333 g/mol. The highest BCUT2D eigenvalue weighted by atomic mass is 79.9. The van der Waals surface area contributed by atoms with Crippen LogP contribution in [0.2, 0.25) is 0 Å². The molecule has 4 heteroatoms. The second-order valence-electron chi connectivity index (χ2n) is 4.09. The molecule has 0 aliphatic rings. The summed E-state index contributed by atoms with van der Waals surface area (Å²) in [4.78, 5) is 12.1. The molecular weight excluding hydrogens is 320 g/mol. The van der Waals surface area contributed by atoms with Gasteiger partial charge in [0.1, 0.15) is 0 Å². The third-order valence-corrected chi connectivity index (χ3v) is 3.40. The number of phenols is 1. The van der Waals surface area contributed by atoms with Crippen molar-refractivity contribution in [1.82, 2.24) is 0 Å². The van der Waals surface area contributed by atoms with Crippen LogP contribution in [0.5, 0.6) is 11.5 Å². The van der Waals surface area contributed by atoms with E-state index >= 15 is 0 Å². The molecule has 0 unspecified atom stereocenters. The molecule has 0 spiro atoms. The van der Waals surface area contributed by atoms with Gasteiger partial charge in [0.05, 0.1) is 17.1 Å². The van der Waals surface area contributed by atoms with E-state index in [0.717, 1.165) is 5.56 Å². The molecule has 0 aromatic heterocycles. The van der Waals surface area contributed by atoms with Gasteiger partial charge in [-0.25, -0.2) is 0 Å². The molecule has 0 saturated heterocycles. The number of hydrogen-bond donors (Lipinski definition) is 1. The molecule has 2 aromatic rings. The molecule has 20 heavy (non-hydrogen) atoms. The van der Waals surface area contributed by atoms with E-state index in [1.807, 2.05) is 30.3 Å². The van der Waals surface area contributed by atoms with E-state index in [9.17, 15) is 9.90 Å². The summed E-state index contributed by atoms with van der Waals surface area (Å²) in [5, 5.41) is 10.0. The Balaban J connectivity index is 2.28. The molecule has 0 atom stereocenters. The van der Waals surface area contributed by atoms with Crippen molar-refractivity contribution in [3.8, 4) is 11.5 Å². The van der Waals surface area contributed by atoms with Gasteiger partial charge in [0.2, 0.25) is 0 Å². The average Bonchev–Trinajstić information content (AvgIpc) is 2.46. The Bertz CT molecular complexity index is 648. The molecule has 0 aliphatic carbocycles. The number of rotatable bonds is 4. The first-order chi connectivity index (χ1) is 9.63. The van der Waals surface area contributed by atoms with Crippen LogP contribution < -0.4 is 4.74 Å². The van der Waals surface area contributed by atoms with Crippen molar-refractivity contribution in [1.29, 1.82) is 0 Å². The van der Waals surface area contributed by atoms with Crippen LogP contribution in [-0.4, -0.2) is 18.0 Å². The molecule has 3 nitrogen and oxygen atoms in total. The smallest absolute Gasteiger partial charge is 0.189 e. The minimum atomic E-state index is -0.280. The van der Waals surface area contributed by atoms with E-state index in [4.69, 9.17) is 4.74 Å². The predicted molar refractivity (Wildman–Crippen MR) is 82.2 cm³/mol. The van der Waals surface area contributed by atoms with Crippen LogP contribution in [-0.2, 0) is 0 Å². The number of carbonyl (C=O) groups excluding carboxylic acids is 1. The van der Waals surface area contributed by atoms with Crippen molar-refractivity contribution in [3.05, 3.63) is 64.1 Å². The number of ketones is 1. The Kier molecular flexibility index (Phi) is 4.58.